The van der Waals surface area contributed by atoms with Crippen molar-refractivity contribution in [1.82, 2.24) is 9.55 Å². The van der Waals surface area contributed by atoms with Crippen LogP contribution in [-0.4, -0.2) is 9.55 Å². The first kappa shape index (κ1) is 18.4. The fraction of sp³-hybridized carbons (Fsp3) is 0. The molecule has 0 saturated carbocycles. The second kappa shape index (κ2) is 7.19. The van der Waals surface area contributed by atoms with Gasteiger partial charge in [-0.25, -0.2) is 4.98 Å². The van der Waals surface area contributed by atoms with E-state index < -0.39 is 0 Å². The van der Waals surface area contributed by atoms with Crippen LogP contribution < -0.4 is 0 Å². The third kappa shape index (κ3) is 2.85. The highest BCUT2D eigenvalue weighted by Gasteiger charge is 2.18. The van der Waals surface area contributed by atoms with Gasteiger partial charge in [0.15, 0.2) is 0 Å². The maximum absolute atomic E-state index is 5.57. The molecule has 4 heteroatoms. The summed E-state index contributed by atoms with van der Waals surface area (Å²) in [6.07, 6.45) is 1.70. The maximum atomic E-state index is 5.57. The highest BCUT2D eigenvalue weighted by molar-refractivity contribution is 7.26. The van der Waals surface area contributed by atoms with Gasteiger partial charge in [-0.3, -0.25) is 4.57 Å². The van der Waals surface area contributed by atoms with Crippen LogP contribution in [0.3, 0.4) is 0 Å². The third-order valence-corrected chi connectivity index (χ3v) is 7.36. The molecular formula is C29H18N2OS. The van der Waals surface area contributed by atoms with Crippen molar-refractivity contribution < 1.29 is 4.42 Å². The molecule has 3 heterocycles. The normalized spacial score (nSPS) is 11.6. The molecule has 33 heavy (non-hydrogen) atoms. The van der Waals surface area contributed by atoms with Crippen LogP contribution in [0, 0.1) is 0 Å². The van der Waals surface area contributed by atoms with Gasteiger partial charge in [-0.15, -0.1) is 11.3 Å². The molecule has 4 aromatic carbocycles. The van der Waals surface area contributed by atoms with E-state index >= 15 is 0 Å². The van der Waals surface area contributed by atoms with Gasteiger partial charge in [-0.1, -0.05) is 42.5 Å². The van der Waals surface area contributed by atoms with Crippen LogP contribution >= 0.6 is 11.3 Å². The van der Waals surface area contributed by atoms with Crippen molar-refractivity contribution >= 4 is 42.5 Å². The van der Waals surface area contributed by atoms with Gasteiger partial charge in [0.2, 0.25) is 0 Å². The summed E-state index contributed by atoms with van der Waals surface area (Å²) in [4.78, 5) is 5.10. The van der Waals surface area contributed by atoms with Crippen LogP contribution in [-0.2, 0) is 0 Å². The molecule has 0 N–H and O–H groups in total. The maximum Gasteiger partial charge on any atom is 0.147 e. The van der Waals surface area contributed by atoms with Crippen LogP contribution in [0.25, 0.3) is 59.6 Å². The van der Waals surface area contributed by atoms with Gasteiger partial charge in [0.25, 0.3) is 0 Å². The monoisotopic (exact) mass is 442 g/mol. The summed E-state index contributed by atoms with van der Waals surface area (Å²) < 4.78 is 10.4. The Morgan fingerprint density at radius 3 is 2.39 bits per heavy atom. The number of thiophene rings is 1. The lowest BCUT2D eigenvalue weighted by Gasteiger charge is -2.11. The highest BCUT2D eigenvalue weighted by Crippen LogP contribution is 2.41. The minimum atomic E-state index is 0.868. The Morgan fingerprint density at radius 2 is 1.52 bits per heavy atom. The van der Waals surface area contributed by atoms with Crippen molar-refractivity contribution in [2.45, 2.75) is 0 Å². The van der Waals surface area contributed by atoms with Gasteiger partial charge in [0.05, 0.1) is 17.3 Å². The van der Waals surface area contributed by atoms with Crippen LogP contribution in [0.4, 0.5) is 0 Å². The quantitative estimate of drug-likeness (QED) is 0.275. The van der Waals surface area contributed by atoms with Crippen molar-refractivity contribution in [2.24, 2.45) is 0 Å². The number of imidazole rings is 1. The van der Waals surface area contributed by atoms with E-state index in [0.717, 1.165) is 39.4 Å². The van der Waals surface area contributed by atoms with Gasteiger partial charge in [-0.05, 0) is 60.7 Å². The fourth-order valence-corrected chi connectivity index (χ4v) is 5.82. The van der Waals surface area contributed by atoms with Crippen LogP contribution in [0.15, 0.2) is 114 Å². The van der Waals surface area contributed by atoms with E-state index in [2.05, 4.69) is 89.5 Å². The van der Waals surface area contributed by atoms with E-state index in [1.807, 2.05) is 29.5 Å². The number of hydrogen-bond acceptors (Lipinski definition) is 3. The minimum Gasteiger partial charge on any atom is -0.464 e. The van der Waals surface area contributed by atoms with E-state index in [1.54, 1.807) is 6.26 Å². The van der Waals surface area contributed by atoms with Gasteiger partial charge in [0.1, 0.15) is 11.6 Å². The molecule has 156 valence electrons. The topological polar surface area (TPSA) is 31.0 Å². The van der Waals surface area contributed by atoms with Crippen molar-refractivity contribution in [3.8, 4) is 28.4 Å². The van der Waals surface area contributed by atoms with Gasteiger partial charge in [-0.2, -0.15) is 0 Å². The van der Waals surface area contributed by atoms with E-state index in [4.69, 9.17) is 9.40 Å². The first-order chi connectivity index (χ1) is 16.4. The number of furan rings is 1. The van der Waals surface area contributed by atoms with Crippen molar-refractivity contribution in [1.29, 1.82) is 0 Å². The molecule has 0 spiro atoms. The Bertz CT molecular complexity index is 1760. The number of hydrogen-bond donors (Lipinski definition) is 0. The molecule has 0 bridgehead atoms. The van der Waals surface area contributed by atoms with Gasteiger partial charge < -0.3 is 4.42 Å². The molecule has 0 unspecified atom stereocenters. The molecule has 3 nitrogen and oxygen atoms in total. The Kier molecular flexibility index (Phi) is 4.01. The van der Waals surface area contributed by atoms with E-state index in [9.17, 15) is 0 Å². The van der Waals surface area contributed by atoms with Crippen LogP contribution in [0.2, 0.25) is 0 Å². The molecule has 0 radical (unpaired) electrons. The van der Waals surface area contributed by atoms with E-state index in [-0.39, 0.29) is 0 Å². The zero-order valence-electron chi connectivity index (χ0n) is 17.6. The molecule has 0 aliphatic rings. The molecule has 7 aromatic rings. The minimum absolute atomic E-state index is 0.868. The first-order valence-electron chi connectivity index (χ1n) is 10.9. The molecule has 0 amide bonds. The zero-order chi connectivity index (χ0) is 21.8. The fourth-order valence-electron chi connectivity index (χ4n) is 4.61. The summed E-state index contributed by atoms with van der Waals surface area (Å²) in [7, 11) is 0. The molecule has 0 aliphatic heterocycles. The van der Waals surface area contributed by atoms with Gasteiger partial charge >= 0.3 is 0 Å². The average Bonchev–Trinajstić information content (AvgIpc) is 3.61. The Balaban J connectivity index is 1.49. The molecule has 0 atom stereocenters. The number of benzene rings is 4. The number of rotatable bonds is 3. The third-order valence-electron chi connectivity index (χ3n) is 6.14. The molecule has 0 saturated heterocycles. The predicted molar refractivity (Wildman–Crippen MR) is 137 cm³/mol. The molecular weight excluding hydrogens is 424 g/mol. The molecule has 0 fully saturated rings. The Hall–Kier alpha value is -4.15. The van der Waals surface area contributed by atoms with Crippen molar-refractivity contribution in [3.05, 3.63) is 109 Å². The van der Waals surface area contributed by atoms with Gasteiger partial charge in [0, 0.05) is 37.0 Å². The van der Waals surface area contributed by atoms with Crippen LogP contribution in [0.5, 0.6) is 0 Å². The summed E-state index contributed by atoms with van der Waals surface area (Å²) in [6, 6.07) is 35.9. The molecule has 3 aromatic heterocycles. The first-order valence-corrected chi connectivity index (χ1v) is 11.7. The van der Waals surface area contributed by atoms with E-state index in [0.29, 0.717) is 0 Å². The molecule has 7 rings (SSSR count). The second-order valence-electron chi connectivity index (χ2n) is 8.06. The summed E-state index contributed by atoms with van der Waals surface area (Å²) in [5.74, 6) is 1.83. The summed E-state index contributed by atoms with van der Waals surface area (Å²) >= 11 is 1.83. The summed E-state index contributed by atoms with van der Waals surface area (Å²) in [5, 5.41) is 2.57. The van der Waals surface area contributed by atoms with Crippen LogP contribution in [0.1, 0.15) is 0 Å². The predicted octanol–water partition coefficient (Wildman–Crippen LogP) is 8.32. The largest absolute Gasteiger partial charge is 0.464 e. The zero-order valence-corrected chi connectivity index (χ0v) is 18.4. The number of fused-ring (bicyclic) bond motifs is 4. The summed E-state index contributed by atoms with van der Waals surface area (Å²) in [6.45, 7) is 0. The van der Waals surface area contributed by atoms with Crippen molar-refractivity contribution in [3.63, 3.8) is 0 Å². The lowest BCUT2D eigenvalue weighted by atomic mass is 10.1. The smallest absolute Gasteiger partial charge is 0.147 e. The number of para-hydroxylation sites is 2. The lowest BCUT2D eigenvalue weighted by Crippen LogP contribution is -1.97. The summed E-state index contributed by atoms with van der Waals surface area (Å²) in [5.41, 5.74) is 5.37. The highest BCUT2D eigenvalue weighted by atomic mass is 32.1. The Labute approximate surface area is 194 Å². The average molecular weight is 443 g/mol. The number of aromatic nitrogens is 2. The molecule has 0 aliphatic carbocycles. The Morgan fingerprint density at radius 1 is 0.697 bits per heavy atom. The SMILES string of the molecule is c1coc(-c2ccc(-n3c(-c4cccc5c4sc4ccccc45)nc4ccccc43)cc2)c1. The lowest BCUT2D eigenvalue weighted by molar-refractivity contribution is 0.582. The second-order valence-corrected chi connectivity index (χ2v) is 9.12. The van der Waals surface area contributed by atoms with Crippen molar-refractivity contribution in [2.75, 3.05) is 0 Å². The standard InChI is InChI=1S/C29H18N2OS/c1-4-13-27-21(7-1)22-8-5-9-23(28(22)33-27)29-30-24-10-2-3-11-25(24)31(29)20-16-14-19(15-17-20)26-12-6-18-32-26/h1-18H. The van der Waals surface area contributed by atoms with E-state index in [1.165, 1.54) is 20.2 Å². The number of nitrogens with zero attached hydrogens (tertiary/aromatic N) is 2.